The van der Waals surface area contributed by atoms with E-state index in [1.807, 2.05) is 11.8 Å². The van der Waals surface area contributed by atoms with Crippen molar-refractivity contribution in [2.24, 2.45) is 5.92 Å². The summed E-state index contributed by atoms with van der Waals surface area (Å²) in [7, 11) is -3.41. The molecule has 6 nitrogen and oxygen atoms in total. The van der Waals surface area contributed by atoms with Crippen LogP contribution in [-0.4, -0.2) is 75.8 Å². The fourth-order valence-electron chi connectivity index (χ4n) is 3.90. The molecule has 0 bridgehead atoms. The van der Waals surface area contributed by atoms with Crippen LogP contribution in [0.3, 0.4) is 0 Å². The molecule has 1 aromatic carbocycles. The third-order valence-corrected chi connectivity index (χ3v) is 7.62. The van der Waals surface area contributed by atoms with Crippen LogP contribution in [0.5, 0.6) is 0 Å². The first-order valence-electron chi connectivity index (χ1n) is 10.3. The first-order valence-corrected chi connectivity index (χ1v) is 12.0. The molecule has 0 spiro atoms. The molecule has 3 rings (SSSR count). The first-order chi connectivity index (χ1) is 13.4. The molecule has 2 fully saturated rings. The Balaban J connectivity index is 1.39. The fourth-order valence-corrected chi connectivity index (χ4v) is 5.13. The Kier molecular flexibility index (Phi) is 7.48. The molecule has 2 aliphatic rings. The van der Waals surface area contributed by atoms with Crippen LogP contribution in [0.25, 0.3) is 0 Å². The maximum Gasteiger partial charge on any atom is 0.223 e. The van der Waals surface area contributed by atoms with Crippen molar-refractivity contribution in [1.82, 2.24) is 9.80 Å². The predicted molar refractivity (Wildman–Crippen MR) is 109 cm³/mol. The number of rotatable bonds is 7. The van der Waals surface area contributed by atoms with Gasteiger partial charge in [-0.1, -0.05) is 17.7 Å². The van der Waals surface area contributed by atoms with Gasteiger partial charge in [0, 0.05) is 32.6 Å². The van der Waals surface area contributed by atoms with Crippen molar-refractivity contribution in [3.63, 3.8) is 0 Å². The quantitative estimate of drug-likeness (QED) is 0.691. The number of aryl methyl sites for hydroxylation is 1. The zero-order valence-corrected chi connectivity index (χ0v) is 17.6. The summed E-state index contributed by atoms with van der Waals surface area (Å²) in [5.74, 6) is 0.497. The SMILES string of the molecule is Cc1ccc(S(=O)(=O)CCC(=O)N2CCC(CCN3CCOCC3)CC2)cc1. The number of ether oxygens (including phenoxy) is 1. The van der Waals surface area contributed by atoms with Crippen LogP contribution in [0.2, 0.25) is 0 Å². The van der Waals surface area contributed by atoms with E-state index >= 15 is 0 Å². The summed E-state index contributed by atoms with van der Waals surface area (Å²) < 4.78 is 30.3. The molecular weight excluding hydrogens is 376 g/mol. The third kappa shape index (κ3) is 6.03. The van der Waals surface area contributed by atoms with Crippen molar-refractivity contribution < 1.29 is 17.9 Å². The van der Waals surface area contributed by atoms with Crippen molar-refractivity contribution in [3.8, 4) is 0 Å². The van der Waals surface area contributed by atoms with E-state index in [1.54, 1.807) is 24.3 Å². The summed E-state index contributed by atoms with van der Waals surface area (Å²) in [5, 5.41) is 0. The van der Waals surface area contributed by atoms with Crippen LogP contribution < -0.4 is 0 Å². The number of benzene rings is 1. The Morgan fingerprint density at radius 2 is 1.71 bits per heavy atom. The van der Waals surface area contributed by atoms with Gasteiger partial charge >= 0.3 is 0 Å². The maximum atomic E-state index is 12.5. The Bertz CT molecular complexity index is 734. The Morgan fingerprint density at radius 3 is 2.36 bits per heavy atom. The standard InChI is InChI=1S/C21H32N2O4S/c1-18-2-4-20(5-3-18)28(25,26)17-9-21(24)23-11-7-19(8-12-23)6-10-22-13-15-27-16-14-22/h2-5,19H,6-17H2,1H3. The highest BCUT2D eigenvalue weighted by atomic mass is 32.2. The highest BCUT2D eigenvalue weighted by Crippen LogP contribution is 2.22. The molecule has 2 aliphatic heterocycles. The molecule has 0 aromatic heterocycles. The molecule has 2 heterocycles. The minimum Gasteiger partial charge on any atom is -0.379 e. The third-order valence-electron chi connectivity index (χ3n) is 5.89. The molecule has 7 heteroatoms. The van der Waals surface area contributed by atoms with Crippen molar-refractivity contribution >= 4 is 15.7 Å². The Hall–Kier alpha value is -1.44. The number of nitrogens with zero attached hydrogens (tertiary/aromatic N) is 2. The van der Waals surface area contributed by atoms with E-state index in [0.29, 0.717) is 10.8 Å². The highest BCUT2D eigenvalue weighted by molar-refractivity contribution is 7.91. The van der Waals surface area contributed by atoms with E-state index in [1.165, 1.54) is 6.42 Å². The molecule has 0 aliphatic carbocycles. The van der Waals surface area contributed by atoms with Gasteiger partial charge in [-0.25, -0.2) is 8.42 Å². The van der Waals surface area contributed by atoms with Crippen molar-refractivity contribution in [2.45, 2.75) is 37.5 Å². The first kappa shape index (κ1) is 21.3. The van der Waals surface area contributed by atoms with Crippen molar-refractivity contribution in [1.29, 1.82) is 0 Å². The molecule has 0 radical (unpaired) electrons. The number of sulfone groups is 1. The minimum atomic E-state index is -3.41. The van der Waals surface area contributed by atoms with Gasteiger partial charge in [-0.05, 0) is 50.8 Å². The molecule has 0 saturated carbocycles. The molecule has 2 saturated heterocycles. The topological polar surface area (TPSA) is 66.9 Å². The number of morpholine rings is 1. The largest absolute Gasteiger partial charge is 0.379 e. The lowest BCUT2D eigenvalue weighted by Gasteiger charge is -2.34. The predicted octanol–water partition coefficient (Wildman–Crippen LogP) is 2.12. The Morgan fingerprint density at radius 1 is 1.07 bits per heavy atom. The number of carbonyl (C=O) groups excluding carboxylic acids is 1. The number of piperidine rings is 1. The van der Waals surface area contributed by atoms with Gasteiger partial charge in [0.15, 0.2) is 9.84 Å². The van der Waals surface area contributed by atoms with Gasteiger partial charge in [-0.3, -0.25) is 9.69 Å². The van der Waals surface area contributed by atoms with E-state index in [9.17, 15) is 13.2 Å². The second-order valence-corrected chi connectivity index (χ2v) is 10.1. The molecular formula is C21H32N2O4S. The van der Waals surface area contributed by atoms with Gasteiger partial charge < -0.3 is 9.64 Å². The van der Waals surface area contributed by atoms with Crippen molar-refractivity contribution in [2.75, 3.05) is 51.7 Å². The Labute approximate surface area is 168 Å². The van der Waals surface area contributed by atoms with Crippen LogP contribution in [0, 0.1) is 12.8 Å². The number of hydrogen-bond acceptors (Lipinski definition) is 5. The van der Waals surface area contributed by atoms with E-state index in [2.05, 4.69) is 4.90 Å². The van der Waals surface area contributed by atoms with Crippen LogP contribution >= 0.6 is 0 Å². The van der Waals surface area contributed by atoms with Crippen LogP contribution in [0.4, 0.5) is 0 Å². The highest BCUT2D eigenvalue weighted by Gasteiger charge is 2.25. The molecule has 28 heavy (non-hydrogen) atoms. The number of carbonyl (C=O) groups is 1. The molecule has 1 amide bonds. The summed E-state index contributed by atoms with van der Waals surface area (Å²) in [6.45, 7) is 8.23. The van der Waals surface area contributed by atoms with Gasteiger partial charge in [0.1, 0.15) is 0 Å². The van der Waals surface area contributed by atoms with Crippen LogP contribution in [0.1, 0.15) is 31.2 Å². The van der Waals surface area contributed by atoms with Gasteiger partial charge in [-0.15, -0.1) is 0 Å². The molecule has 0 unspecified atom stereocenters. The van der Waals surface area contributed by atoms with Crippen molar-refractivity contribution in [3.05, 3.63) is 29.8 Å². The zero-order valence-electron chi connectivity index (χ0n) is 16.8. The lowest BCUT2D eigenvalue weighted by molar-refractivity contribution is -0.132. The second-order valence-electron chi connectivity index (χ2n) is 7.95. The average molecular weight is 409 g/mol. The summed E-state index contributed by atoms with van der Waals surface area (Å²) in [4.78, 5) is 17.1. The lowest BCUT2D eigenvalue weighted by Crippen LogP contribution is -2.41. The minimum absolute atomic E-state index is 0.0395. The normalized spacial score (nSPS) is 19.7. The van der Waals surface area contributed by atoms with Crippen LogP contribution in [0.15, 0.2) is 29.2 Å². The fraction of sp³-hybridized carbons (Fsp3) is 0.667. The van der Waals surface area contributed by atoms with E-state index in [4.69, 9.17) is 4.74 Å². The molecule has 0 atom stereocenters. The zero-order chi connectivity index (χ0) is 20.0. The molecule has 0 N–H and O–H groups in total. The number of likely N-dealkylation sites (tertiary alicyclic amines) is 1. The summed E-state index contributed by atoms with van der Waals surface area (Å²) in [6.07, 6.45) is 3.26. The average Bonchev–Trinajstić information content (AvgIpc) is 2.72. The van der Waals surface area contributed by atoms with E-state index < -0.39 is 9.84 Å². The van der Waals surface area contributed by atoms with E-state index in [0.717, 1.165) is 64.3 Å². The number of hydrogen-bond donors (Lipinski definition) is 0. The van der Waals surface area contributed by atoms with Gasteiger partial charge in [0.25, 0.3) is 0 Å². The lowest BCUT2D eigenvalue weighted by atomic mass is 9.93. The summed E-state index contributed by atoms with van der Waals surface area (Å²) >= 11 is 0. The van der Waals surface area contributed by atoms with Gasteiger partial charge in [0.2, 0.25) is 5.91 Å². The summed E-state index contributed by atoms with van der Waals surface area (Å²) in [6, 6.07) is 6.82. The van der Waals surface area contributed by atoms with E-state index in [-0.39, 0.29) is 18.1 Å². The molecule has 1 aromatic rings. The monoisotopic (exact) mass is 408 g/mol. The van der Waals surface area contributed by atoms with Gasteiger partial charge in [-0.2, -0.15) is 0 Å². The number of amides is 1. The summed E-state index contributed by atoms with van der Waals surface area (Å²) in [5.41, 5.74) is 1.02. The molecule has 156 valence electrons. The second kappa shape index (κ2) is 9.85. The van der Waals surface area contributed by atoms with Crippen LogP contribution in [-0.2, 0) is 19.4 Å². The van der Waals surface area contributed by atoms with Gasteiger partial charge in [0.05, 0.1) is 23.9 Å². The smallest absolute Gasteiger partial charge is 0.223 e. The maximum absolute atomic E-state index is 12.5.